The minimum absolute atomic E-state index is 0.0271. The fraction of sp³-hybridized carbons (Fsp3) is 0.214. The molecule has 0 aliphatic rings. The van der Waals surface area contributed by atoms with E-state index in [1.807, 2.05) is 29.2 Å². The molecular formula is C14H17IN2O. The summed E-state index contributed by atoms with van der Waals surface area (Å²) >= 11 is 2.22. The third-order valence-corrected chi connectivity index (χ3v) is 2.92. The fourth-order valence-corrected chi connectivity index (χ4v) is 2.08. The average Bonchev–Trinajstić information content (AvgIpc) is 2.29. The molecule has 96 valence electrons. The molecule has 1 N–H and O–H groups in total. The second-order valence-electron chi connectivity index (χ2n) is 3.83. The Morgan fingerprint density at radius 3 is 2.56 bits per heavy atom. The van der Waals surface area contributed by atoms with Crippen molar-refractivity contribution < 1.29 is 4.79 Å². The lowest BCUT2D eigenvalue weighted by atomic mass is 10.3. The van der Waals surface area contributed by atoms with E-state index in [2.05, 4.69) is 41.1 Å². The van der Waals surface area contributed by atoms with E-state index in [9.17, 15) is 4.79 Å². The Bertz CT molecular complexity index is 422. The molecule has 0 aliphatic heterocycles. The average molecular weight is 356 g/mol. The van der Waals surface area contributed by atoms with E-state index in [-0.39, 0.29) is 5.91 Å². The van der Waals surface area contributed by atoms with Crippen LogP contribution in [-0.2, 0) is 4.79 Å². The van der Waals surface area contributed by atoms with Crippen LogP contribution in [0.3, 0.4) is 0 Å². The van der Waals surface area contributed by atoms with Crippen LogP contribution in [0.15, 0.2) is 49.6 Å². The highest BCUT2D eigenvalue weighted by Crippen LogP contribution is 2.12. The maximum absolute atomic E-state index is 11.9. The van der Waals surface area contributed by atoms with E-state index in [0.29, 0.717) is 19.6 Å². The van der Waals surface area contributed by atoms with Gasteiger partial charge in [-0.25, -0.2) is 0 Å². The summed E-state index contributed by atoms with van der Waals surface area (Å²) in [6, 6.07) is 7.72. The molecule has 4 heteroatoms. The Morgan fingerprint density at radius 1 is 1.33 bits per heavy atom. The zero-order valence-corrected chi connectivity index (χ0v) is 12.4. The molecular weight excluding hydrogens is 339 g/mol. The maximum atomic E-state index is 11.9. The molecule has 0 bridgehead atoms. The standard InChI is InChI=1S/C14H17IN2O/c1-3-8-17(9-4-2)11-14(18)16-13-7-5-6-12(15)10-13/h3-7,10H,1-2,8-9,11H2,(H,16,18). The first-order valence-electron chi connectivity index (χ1n) is 5.65. The molecule has 0 heterocycles. The Hall–Kier alpha value is -1.14. The third-order valence-electron chi connectivity index (χ3n) is 2.25. The molecule has 0 atom stereocenters. The predicted octanol–water partition coefficient (Wildman–Crippen LogP) is 2.90. The largest absolute Gasteiger partial charge is 0.325 e. The summed E-state index contributed by atoms with van der Waals surface area (Å²) < 4.78 is 1.10. The predicted molar refractivity (Wildman–Crippen MR) is 84.6 cm³/mol. The van der Waals surface area contributed by atoms with Crippen LogP contribution >= 0.6 is 22.6 Å². The van der Waals surface area contributed by atoms with Crippen molar-refractivity contribution in [2.75, 3.05) is 25.0 Å². The van der Waals surface area contributed by atoms with Gasteiger partial charge < -0.3 is 5.32 Å². The van der Waals surface area contributed by atoms with E-state index >= 15 is 0 Å². The number of carbonyl (C=O) groups is 1. The van der Waals surface area contributed by atoms with Crippen LogP contribution in [-0.4, -0.2) is 30.4 Å². The first-order valence-corrected chi connectivity index (χ1v) is 6.73. The molecule has 1 rings (SSSR count). The topological polar surface area (TPSA) is 32.3 Å². The molecule has 1 amide bonds. The molecule has 0 saturated heterocycles. The van der Waals surface area contributed by atoms with Gasteiger partial charge in [0.15, 0.2) is 0 Å². The minimum atomic E-state index is -0.0271. The van der Waals surface area contributed by atoms with Gasteiger partial charge in [-0.05, 0) is 40.8 Å². The number of benzene rings is 1. The molecule has 0 spiro atoms. The van der Waals surface area contributed by atoms with Crippen molar-refractivity contribution in [2.45, 2.75) is 0 Å². The van der Waals surface area contributed by atoms with Gasteiger partial charge >= 0.3 is 0 Å². The first kappa shape index (κ1) is 14.9. The monoisotopic (exact) mass is 356 g/mol. The molecule has 1 aromatic carbocycles. The molecule has 3 nitrogen and oxygen atoms in total. The summed E-state index contributed by atoms with van der Waals surface area (Å²) in [7, 11) is 0. The molecule has 0 radical (unpaired) electrons. The van der Waals surface area contributed by atoms with Crippen LogP contribution < -0.4 is 5.32 Å². The van der Waals surface area contributed by atoms with E-state index in [0.717, 1.165) is 9.26 Å². The van der Waals surface area contributed by atoms with Gasteiger partial charge in [-0.3, -0.25) is 9.69 Å². The summed E-state index contributed by atoms with van der Waals surface area (Å²) in [6.07, 6.45) is 3.56. The smallest absolute Gasteiger partial charge is 0.238 e. The van der Waals surface area contributed by atoms with Crippen molar-refractivity contribution in [3.8, 4) is 0 Å². The number of hydrogen-bond acceptors (Lipinski definition) is 2. The van der Waals surface area contributed by atoms with Gasteiger partial charge in [0.2, 0.25) is 5.91 Å². The normalized spacial score (nSPS) is 10.1. The van der Waals surface area contributed by atoms with Crippen LogP contribution in [0.4, 0.5) is 5.69 Å². The Kier molecular flexibility index (Phi) is 6.67. The maximum Gasteiger partial charge on any atom is 0.238 e. The third kappa shape index (κ3) is 5.46. The van der Waals surface area contributed by atoms with Crippen molar-refractivity contribution in [3.63, 3.8) is 0 Å². The van der Waals surface area contributed by atoms with Crippen molar-refractivity contribution >= 4 is 34.2 Å². The molecule has 1 aromatic rings. The van der Waals surface area contributed by atoms with Crippen molar-refractivity contribution in [1.29, 1.82) is 0 Å². The van der Waals surface area contributed by atoms with Crippen LogP contribution in [0.5, 0.6) is 0 Å². The van der Waals surface area contributed by atoms with Gasteiger partial charge in [-0.15, -0.1) is 13.2 Å². The Labute approximate surface area is 122 Å². The molecule has 0 fully saturated rings. The quantitative estimate of drug-likeness (QED) is 0.602. The number of nitrogens with one attached hydrogen (secondary N) is 1. The highest BCUT2D eigenvalue weighted by atomic mass is 127. The van der Waals surface area contributed by atoms with E-state index in [1.165, 1.54) is 0 Å². The van der Waals surface area contributed by atoms with Crippen molar-refractivity contribution in [1.82, 2.24) is 4.90 Å². The van der Waals surface area contributed by atoms with Gasteiger partial charge in [0.05, 0.1) is 6.54 Å². The fourth-order valence-electron chi connectivity index (χ4n) is 1.54. The second-order valence-corrected chi connectivity index (χ2v) is 5.08. The number of amides is 1. The molecule has 0 saturated carbocycles. The highest BCUT2D eigenvalue weighted by molar-refractivity contribution is 14.1. The lowest BCUT2D eigenvalue weighted by Crippen LogP contribution is -2.33. The number of rotatable bonds is 7. The van der Waals surface area contributed by atoms with E-state index in [1.54, 1.807) is 12.2 Å². The van der Waals surface area contributed by atoms with E-state index in [4.69, 9.17) is 0 Å². The van der Waals surface area contributed by atoms with Gasteiger partial charge in [-0.2, -0.15) is 0 Å². The number of anilines is 1. The first-order chi connectivity index (χ1) is 8.65. The highest BCUT2D eigenvalue weighted by Gasteiger charge is 2.08. The van der Waals surface area contributed by atoms with Crippen LogP contribution in [0.1, 0.15) is 0 Å². The van der Waals surface area contributed by atoms with Crippen LogP contribution in [0, 0.1) is 3.57 Å². The zero-order chi connectivity index (χ0) is 13.4. The SMILES string of the molecule is C=CCN(CC=C)CC(=O)Nc1cccc(I)c1. The molecule has 0 unspecified atom stereocenters. The Morgan fingerprint density at radius 2 is 2.00 bits per heavy atom. The lowest BCUT2D eigenvalue weighted by Gasteiger charge is -2.18. The molecule has 0 aromatic heterocycles. The lowest BCUT2D eigenvalue weighted by molar-refractivity contribution is -0.117. The summed E-state index contributed by atoms with van der Waals surface area (Å²) in [5.74, 6) is -0.0271. The number of carbonyl (C=O) groups excluding carboxylic acids is 1. The second kappa shape index (κ2) is 8.05. The Balaban J connectivity index is 2.54. The summed E-state index contributed by atoms with van der Waals surface area (Å²) in [5.41, 5.74) is 0.823. The van der Waals surface area contributed by atoms with E-state index < -0.39 is 0 Å². The van der Waals surface area contributed by atoms with Gasteiger partial charge in [0, 0.05) is 22.3 Å². The summed E-state index contributed by atoms with van der Waals surface area (Å²) in [5, 5.41) is 2.88. The minimum Gasteiger partial charge on any atom is -0.325 e. The number of nitrogens with zero attached hydrogens (tertiary/aromatic N) is 1. The molecule has 0 aliphatic carbocycles. The van der Waals surface area contributed by atoms with Gasteiger partial charge in [0.1, 0.15) is 0 Å². The van der Waals surface area contributed by atoms with Crippen LogP contribution in [0.25, 0.3) is 0 Å². The summed E-state index contributed by atoms with van der Waals surface area (Å²) in [6.45, 7) is 9.04. The number of halogens is 1. The number of hydrogen-bond donors (Lipinski definition) is 1. The van der Waals surface area contributed by atoms with Crippen molar-refractivity contribution in [2.24, 2.45) is 0 Å². The van der Waals surface area contributed by atoms with Gasteiger partial charge in [0.25, 0.3) is 0 Å². The van der Waals surface area contributed by atoms with Crippen molar-refractivity contribution in [3.05, 3.63) is 53.1 Å². The van der Waals surface area contributed by atoms with Gasteiger partial charge in [-0.1, -0.05) is 18.2 Å². The zero-order valence-electron chi connectivity index (χ0n) is 10.2. The summed E-state index contributed by atoms with van der Waals surface area (Å²) in [4.78, 5) is 13.8. The van der Waals surface area contributed by atoms with Crippen LogP contribution in [0.2, 0.25) is 0 Å². The molecule has 18 heavy (non-hydrogen) atoms.